The zero-order chi connectivity index (χ0) is 18.4. The lowest BCUT2D eigenvalue weighted by Gasteiger charge is -2.48. The second-order valence-electron chi connectivity index (χ2n) is 8.70. The van der Waals surface area contributed by atoms with E-state index in [1.807, 2.05) is 20.8 Å². The van der Waals surface area contributed by atoms with Gasteiger partial charge in [-0.25, -0.2) is 0 Å². The van der Waals surface area contributed by atoms with Crippen LogP contribution in [-0.2, 0) is 18.6 Å². The summed E-state index contributed by atoms with van der Waals surface area (Å²) >= 11 is 0. The van der Waals surface area contributed by atoms with Crippen LogP contribution in [0.15, 0.2) is 0 Å². The van der Waals surface area contributed by atoms with Gasteiger partial charge in [0, 0.05) is 0 Å². The first-order valence-corrected chi connectivity index (χ1v) is 11.4. The van der Waals surface area contributed by atoms with Gasteiger partial charge in [0.2, 0.25) is 8.32 Å². The molecule has 6 heteroatoms. The summed E-state index contributed by atoms with van der Waals surface area (Å²) in [6, 6.07) is 0. The number of rotatable bonds is 5. The van der Waals surface area contributed by atoms with Gasteiger partial charge in [-0.3, -0.25) is 0 Å². The molecule has 2 fully saturated rings. The second-order valence-corrected chi connectivity index (χ2v) is 14.1. The third-order valence-electron chi connectivity index (χ3n) is 5.63. The van der Waals surface area contributed by atoms with Gasteiger partial charge in [0.1, 0.15) is 18.3 Å². The van der Waals surface area contributed by atoms with Crippen LogP contribution in [0.1, 0.15) is 62.3 Å². The van der Waals surface area contributed by atoms with E-state index < -0.39 is 38.7 Å². The number of aliphatic hydroxyl groups is 1. The number of hydrogen-bond acceptors (Lipinski definition) is 5. The maximum Gasteiger partial charge on any atom is 0.203 e. The molecule has 0 spiro atoms. The second kappa shape index (κ2) is 6.97. The van der Waals surface area contributed by atoms with Gasteiger partial charge in [-0.1, -0.05) is 41.5 Å². The Morgan fingerprint density at radius 2 is 1.38 bits per heavy atom. The molecule has 2 aliphatic heterocycles. The molecule has 5 nitrogen and oxygen atoms in total. The minimum atomic E-state index is -2.12. The Balaban J connectivity index is 2.32. The van der Waals surface area contributed by atoms with E-state index >= 15 is 0 Å². The molecule has 2 saturated heterocycles. The average molecular weight is 361 g/mol. The van der Waals surface area contributed by atoms with Crippen molar-refractivity contribution < 1.29 is 23.7 Å². The first-order chi connectivity index (χ1) is 10.9. The highest BCUT2D eigenvalue weighted by molar-refractivity contribution is 6.77. The first kappa shape index (κ1) is 20.3. The number of ether oxygens (including phenoxy) is 3. The Hall–Kier alpha value is 0.0169. The Kier molecular flexibility index (Phi) is 5.90. The van der Waals surface area contributed by atoms with Crippen LogP contribution in [0, 0.1) is 0 Å². The lowest BCUT2D eigenvalue weighted by molar-refractivity contribution is -0.246. The van der Waals surface area contributed by atoms with E-state index in [4.69, 9.17) is 18.6 Å². The maximum absolute atomic E-state index is 10.4. The summed E-state index contributed by atoms with van der Waals surface area (Å²) in [5.74, 6) is -0.733. The molecule has 24 heavy (non-hydrogen) atoms. The highest BCUT2D eigenvalue weighted by atomic mass is 28.4. The smallest absolute Gasteiger partial charge is 0.203 e. The van der Waals surface area contributed by atoms with E-state index in [-0.39, 0.29) is 6.10 Å². The summed E-state index contributed by atoms with van der Waals surface area (Å²) in [6.07, 6.45) is -2.34. The van der Waals surface area contributed by atoms with Gasteiger partial charge in [0.15, 0.2) is 12.1 Å². The van der Waals surface area contributed by atoms with Gasteiger partial charge in [-0.05, 0) is 37.4 Å². The maximum atomic E-state index is 10.4. The molecule has 2 unspecified atom stereocenters. The summed E-state index contributed by atoms with van der Waals surface area (Å²) in [4.78, 5) is 0. The average Bonchev–Trinajstić information content (AvgIpc) is 2.76. The highest BCUT2D eigenvalue weighted by Crippen LogP contribution is 2.46. The van der Waals surface area contributed by atoms with Crippen molar-refractivity contribution in [2.45, 2.75) is 115 Å². The number of fused-ring (bicyclic) bond motifs is 1. The monoisotopic (exact) mass is 360 g/mol. The fourth-order valence-electron chi connectivity index (χ4n) is 4.63. The van der Waals surface area contributed by atoms with Crippen molar-refractivity contribution >= 4 is 8.32 Å². The fraction of sp³-hybridized carbons (Fsp3) is 1.00. The Labute approximate surface area is 148 Å². The van der Waals surface area contributed by atoms with Crippen molar-refractivity contribution in [3.63, 3.8) is 0 Å². The molecule has 0 aliphatic carbocycles. The van der Waals surface area contributed by atoms with Crippen LogP contribution in [0.2, 0.25) is 16.6 Å². The van der Waals surface area contributed by atoms with Crippen LogP contribution in [0.25, 0.3) is 0 Å². The van der Waals surface area contributed by atoms with Crippen molar-refractivity contribution in [2.75, 3.05) is 0 Å². The minimum Gasteiger partial charge on any atom is -0.389 e. The predicted molar refractivity (Wildman–Crippen MR) is 96.3 cm³/mol. The van der Waals surface area contributed by atoms with E-state index in [1.54, 1.807) is 0 Å². The molecule has 2 rings (SSSR count). The fourth-order valence-corrected chi connectivity index (χ4v) is 10.0. The van der Waals surface area contributed by atoms with E-state index in [0.717, 1.165) is 0 Å². The third kappa shape index (κ3) is 3.46. The van der Waals surface area contributed by atoms with E-state index in [9.17, 15) is 5.11 Å². The third-order valence-corrected chi connectivity index (χ3v) is 11.7. The molecule has 1 N–H and O–H groups in total. The van der Waals surface area contributed by atoms with Crippen LogP contribution >= 0.6 is 0 Å². The molecule has 2 heterocycles. The Bertz CT molecular complexity index is 415. The molecule has 2 aliphatic rings. The molecule has 0 aromatic carbocycles. The Morgan fingerprint density at radius 3 is 1.83 bits per heavy atom. The van der Waals surface area contributed by atoms with Gasteiger partial charge in [-0.2, -0.15) is 0 Å². The van der Waals surface area contributed by atoms with Gasteiger partial charge in [0.25, 0.3) is 0 Å². The molecular formula is C18H36O5Si. The highest BCUT2D eigenvalue weighted by Gasteiger charge is 2.57. The summed E-state index contributed by atoms with van der Waals surface area (Å²) in [5, 5.41) is 10.4. The minimum absolute atomic E-state index is 0.341. The molecular weight excluding hydrogens is 324 g/mol. The van der Waals surface area contributed by atoms with Crippen molar-refractivity contribution in [2.24, 2.45) is 0 Å². The van der Waals surface area contributed by atoms with E-state index in [1.165, 1.54) is 0 Å². The van der Waals surface area contributed by atoms with Gasteiger partial charge in [-0.15, -0.1) is 0 Å². The van der Waals surface area contributed by atoms with Crippen molar-refractivity contribution in [3.8, 4) is 0 Å². The predicted octanol–water partition coefficient (Wildman–Crippen LogP) is 3.80. The molecule has 0 bridgehead atoms. The lowest BCUT2D eigenvalue weighted by Crippen LogP contribution is -2.60. The van der Waals surface area contributed by atoms with Crippen LogP contribution < -0.4 is 0 Å². The molecule has 0 aromatic heterocycles. The standard InChI is InChI=1S/C18H36O5Si/c1-10(2)24(11(3)4,12(5)6)23-17-16-15(14(19)13(7)20-17)21-18(8,9)22-16/h10-17,19H,1-9H3/t13-,14+,15?,16?,17+/m1/s1. The molecule has 5 atom stereocenters. The Morgan fingerprint density at radius 1 is 0.917 bits per heavy atom. The van der Waals surface area contributed by atoms with E-state index in [0.29, 0.717) is 16.6 Å². The van der Waals surface area contributed by atoms with Gasteiger partial charge >= 0.3 is 0 Å². The van der Waals surface area contributed by atoms with Gasteiger partial charge in [0.05, 0.1) is 6.10 Å². The first-order valence-electron chi connectivity index (χ1n) is 9.29. The molecule has 0 saturated carbocycles. The van der Waals surface area contributed by atoms with Crippen LogP contribution in [0.3, 0.4) is 0 Å². The summed E-state index contributed by atoms with van der Waals surface area (Å²) < 4.78 is 24.9. The quantitative estimate of drug-likeness (QED) is 0.756. The van der Waals surface area contributed by atoms with Crippen molar-refractivity contribution in [3.05, 3.63) is 0 Å². The van der Waals surface area contributed by atoms with Crippen LogP contribution in [-0.4, -0.2) is 49.9 Å². The van der Waals surface area contributed by atoms with Crippen molar-refractivity contribution in [1.82, 2.24) is 0 Å². The number of aliphatic hydroxyl groups excluding tert-OH is 1. The van der Waals surface area contributed by atoms with E-state index in [2.05, 4.69) is 41.5 Å². The molecule has 0 radical (unpaired) electrons. The van der Waals surface area contributed by atoms with Crippen LogP contribution in [0.5, 0.6) is 0 Å². The summed E-state index contributed by atoms with van der Waals surface area (Å²) in [6.45, 7) is 19.1. The number of hydrogen-bond donors (Lipinski definition) is 1. The zero-order valence-electron chi connectivity index (χ0n) is 16.7. The molecule has 0 aromatic rings. The SMILES string of the molecule is CC(C)[Si](O[C@@H]1O[C@H](C)[C@H](O)C2OC(C)(C)OC21)(C(C)C)C(C)C. The lowest BCUT2D eigenvalue weighted by atomic mass is 10.0. The molecule has 142 valence electrons. The van der Waals surface area contributed by atoms with Gasteiger partial charge < -0.3 is 23.7 Å². The normalized spacial score (nSPS) is 36.6. The van der Waals surface area contributed by atoms with Crippen LogP contribution in [0.4, 0.5) is 0 Å². The summed E-state index contributed by atoms with van der Waals surface area (Å²) in [7, 11) is -2.12. The summed E-state index contributed by atoms with van der Waals surface area (Å²) in [5.41, 5.74) is 1.37. The van der Waals surface area contributed by atoms with Crippen molar-refractivity contribution in [1.29, 1.82) is 0 Å². The topological polar surface area (TPSA) is 57.2 Å². The largest absolute Gasteiger partial charge is 0.389 e. The molecule has 0 amide bonds. The zero-order valence-corrected chi connectivity index (χ0v) is 17.7.